The van der Waals surface area contributed by atoms with Gasteiger partial charge in [-0.1, -0.05) is 37.6 Å². The SMILES string of the molecule is CC(C)CCNC(=O)[C@@]1(C)CCC(=O)N1Cc1ccc(Cl)cc1. The van der Waals surface area contributed by atoms with Crippen molar-refractivity contribution in [2.75, 3.05) is 6.54 Å². The van der Waals surface area contributed by atoms with Gasteiger partial charge in [0.1, 0.15) is 5.54 Å². The molecule has 1 aliphatic rings. The van der Waals surface area contributed by atoms with Gasteiger partial charge in [-0.25, -0.2) is 0 Å². The molecule has 1 N–H and O–H groups in total. The summed E-state index contributed by atoms with van der Waals surface area (Å²) in [4.78, 5) is 26.6. The third-order valence-corrected chi connectivity index (χ3v) is 4.72. The number of halogens is 1. The number of likely N-dealkylation sites (tertiary alicyclic amines) is 1. The average molecular weight is 337 g/mol. The molecule has 0 aliphatic carbocycles. The molecular formula is C18H25ClN2O2. The highest BCUT2D eigenvalue weighted by Gasteiger charge is 2.46. The summed E-state index contributed by atoms with van der Waals surface area (Å²) in [6, 6.07) is 7.39. The van der Waals surface area contributed by atoms with Crippen LogP contribution in [-0.4, -0.2) is 28.8 Å². The van der Waals surface area contributed by atoms with E-state index in [1.54, 1.807) is 17.0 Å². The summed E-state index contributed by atoms with van der Waals surface area (Å²) in [7, 11) is 0. The number of carbonyl (C=O) groups excluding carboxylic acids is 2. The van der Waals surface area contributed by atoms with Crippen molar-refractivity contribution in [3.63, 3.8) is 0 Å². The lowest BCUT2D eigenvalue weighted by molar-refractivity contribution is -0.141. The Balaban J connectivity index is 2.07. The van der Waals surface area contributed by atoms with Gasteiger partial charge in [-0.2, -0.15) is 0 Å². The minimum absolute atomic E-state index is 0.0291. The summed E-state index contributed by atoms with van der Waals surface area (Å²) in [6.07, 6.45) is 1.92. The van der Waals surface area contributed by atoms with Gasteiger partial charge in [-0.15, -0.1) is 0 Å². The first-order valence-corrected chi connectivity index (χ1v) is 8.54. The molecule has 1 fully saturated rings. The number of amides is 2. The summed E-state index contributed by atoms with van der Waals surface area (Å²) in [6.45, 7) is 7.19. The Morgan fingerprint density at radius 1 is 1.35 bits per heavy atom. The molecule has 0 aromatic heterocycles. The van der Waals surface area contributed by atoms with Crippen LogP contribution >= 0.6 is 11.6 Å². The first-order valence-electron chi connectivity index (χ1n) is 8.16. The summed E-state index contributed by atoms with van der Waals surface area (Å²) in [5.41, 5.74) is 0.208. The first kappa shape index (κ1) is 17.8. The summed E-state index contributed by atoms with van der Waals surface area (Å²) < 4.78 is 0. The van der Waals surface area contributed by atoms with Gasteiger partial charge in [-0.05, 0) is 43.4 Å². The van der Waals surface area contributed by atoms with Crippen LogP contribution in [0.3, 0.4) is 0 Å². The number of nitrogens with zero attached hydrogens (tertiary/aromatic N) is 1. The zero-order chi connectivity index (χ0) is 17.0. The van der Waals surface area contributed by atoms with E-state index in [0.717, 1.165) is 12.0 Å². The molecule has 0 radical (unpaired) electrons. The Hall–Kier alpha value is -1.55. The van der Waals surface area contributed by atoms with E-state index in [2.05, 4.69) is 19.2 Å². The second kappa shape index (κ2) is 7.35. The Bertz CT molecular complexity index is 571. The third kappa shape index (κ3) is 4.25. The van der Waals surface area contributed by atoms with Crippen LogP contribution in [0.2, 0.25) is 5.02 Å². The van der Waals surface area contributed by atoms with Crippen LogP contribution in [0, 0.1) is 5.92 Å². The number of carbonyl (C=O) groups is 2. The number of benzene rings is 1. The molecule has 5 heteroatoms. The molecule has 0 saturated carbocycles. The third-order valence-electron chi connectivity index (χ3n) is 4.47. The molecule has 0 unspecified atom stereocenters. The van der Waals surface area contributed by atoms with Crippen LogP contribution in [0.4, 0.5) is 0 Å². The highest BCUT2D eigenvalue weighted by Crippen LogP contribution is 2.32. The van der Waals surface area contributed by atoms with Crippen LogP contribution in [-0.2, 0) is 16.1 Å². The first-order chi connectivity index (χ1) is 10.8. The van der Waals surface area contributed by atoms with E-state index in [1.807, 2.05) is 19.1 Å². The van der Waals surface area contributed by atoms with Crippen LogP contribution in [0.5, 0.6) is 0 Å². The van der Waals surface area contributed by atoms with Crippen LogP contribution in [0.25, 0.3) is 0 Å². The Morgan fingerprint density at radius 2 is 2.00 bits per heavy atom. The smallest absolute Gasteiger partial charge is 0.245 e. The average Bonchev–Trinajstić information content (AvgIpc) is 2.78. The van der Waals surface area contributed by atoms with Crippen molar-refractivity contribution in [1.29, 1.82) is 0 Å². The predicted molar refractivity (Wildman–Crippen MR) is 92.1 cm³/mol. The highest BCUT2D eigenvalue weighted by atomic mass is 35.5. The maximum absolute atomic E-state index is 12.6. The van der Waals surface area contributed by atoms with Gasteiger partial charge < -0.3 is 10.2 Å². The Kier molecular flexibility index (Phi) is 5.69. The summed E-state index contributed by atoms with van der Waals surface area (Å²) in [5, 5.41) is 3.65. The molecule has 1 saturated heterocycles. The molecule has 1 aliphatic heterocycles. The molecule has 1 heterocycles. The van der Waals surface area contributed by atoms with E-state index in [-0.39, 0.29) is 11.8 Å². The van der Waals surface area contributed by atoms with Gasteiger partial charge in [0.15, 0.2) is 0 Å². The van der Waals surface area contributed by atoms with Crippen molar-refractivity contribution < 1.29 is 9.59 Å². The van der Waals surface area contributed by atoms with Gasteiger partial charge in [0.2, 0.25) is 11.8 Å². The van der Waals surface area contributed by atoms with E-state index in [4.69, 9.17) is 11.6 Å². The maximum Gasteiger partial charge on any atom is 0.245 e. The zero-order valence-electron chi connectivity index (χ0n) is 14.1. The van der Waals surface area contributed by atoms with Crippen LogP contribution in [0.15, 0.2) is 24.3 Å². The number of hydrogen-bond donors (Lipinski definition) is 1. The molecular weight excluding hydrogens is 312 g/mol. The van der Waals surface area contributed by atoms with E-state index >= 15 is 0 Å². The lowest BCUT2D eigenvalue weighted by Gasteiger charge is -2.34. The van der Waals surface area contributed by atoms with Crippen molar-refractivity contribution >= 4 is 23.4 Å². The summed E-state index contributed by atoms with van der Waals surface area (Å²) >= 11 is 5.90. The summed E-state index contributed by atoms with van der Waals surface area (Å²) in [5.74, 6) is 0.512. The van der Waals surface area contributed by atoms with Crippen molar-refractivity contribution in [3.8, 4) is 0 Å². The molecule has 0 spiro atoms. The minimum Gasteiger partial charge on any atom is -0.354 e. The standard InChI is InChI=1S/C18H25ClN2O2/c1-13(2)9-11-20-17(23)18(3)10-8-16(22)21(18)12-14-4-6-15(19)7-5-14/h4-7,13H,8-12H2,1-3H3,(H,20,23)/t18-/m1/s1. The topological polar surface area (TPSA) is 49.4 Å². The molecule has 4 nitrogen and oxygen atoms in total. The quantitative estimate of drug-likeness (QED) is 0.865. The number of rotatable bonds is 6. The molecule has 0 bridgehead atoms. The van der Waals surface area contributed by atoms with Crippen molar-refractivity contribution in [2.45, 2.75) is 52.1 Å². The fourth-order valence-electron chi connectivity index (χ4n) is 2.83. The maximum atomic E-state index is 12.6. The lowest BCUT2D eigenvalue weighted by atomic mass is 9.97. The van der Waals surface area contributed by atoms with Gasteiger partial charge >= 0.3 is 0 Å². The fourth-order valence-corrected chi connectivity index (χ4v) is 2.96. The molecule has 1 atom stereocenters. The van der Waals surface area contributed by atoms with Gasteiger partial charge in [0.25, 0.3) is 0 Å². The Morgan fingerprint density at radius 3 is 2.61 bits per heavy atom. The van der Waals surface area contributed by atoms with Gasteiger partial charge in [-0.3, -0.25) is 9.59 Å². The molecule has 1 aromatic rings. The van der Waals surface area contributed by atoms with Crippen LogP contribution in [0.1, 0.15) is 45.6 Å². The zero-order valence-corrected chi connectivity index (χ0v) is 14.8. The fraction of sp³-hybridized carbons (Fsp3) is 0.556. The monoisotopic (exact) mass is 336 g/mol. The van der Waals surface area contributed by atoms with Gasteiger partial charge in [0.05, 0.1) is 0 Å². The van der Waals surface area contributed by atoms with E-state index < -0.39 is 5.54 Å². The van der Waals surface area contributed by atoms with Crippen molar-refractivity contribution in [3.05, 3.63) is 34.9 Å². The second-order valence-corrected chi connectivity index (χ2v) is 7.26. The van der Waals surface area contributed by atoms with E-state index in [0.29, 0.717) is 36.9 Å². The number of nitrogens with one attached hydrogen (secondary N) is 1. The van der Waals surface area contributed by atoms with Crippen molar-refractivity contribution in [1.82, 2.24) is 10.2 Å². The normalized spacial score (nSPS) is 21.1. The Labute approximate surface area is 143 Å². The molecule has 2 rings (SSSR count). The lowest BCUT2D eigenvalue weighted by Crippen LogP contribution is -2.54. The van der Waals surface area contributed by atoms with E-state index in [9.17, 15) is 9.59 Å². The van der Waals surface area contributed by atoms with E-state index in [1.165, 1.54) is 0 Å². The van der Waals surface area contributed by atoms with Crippen LogP contribution < -0.4 is 5.32 Å². The minimum atomic E-state index is -0.770. The molecule has 126 valence electrons. The molecule has 23 heavy (non-hydrogen) atoms. The number of hydrogen-bond acceptors (Lipinski definition) is 2. The highest BCUT2D eigenvalue weighted by molar-refractivity contribution is 6.30. The van der Waals surface area contributed by atoms with Gasteiger partial charge in [0, 0.05) is 24.5 Å². The molecule has 1 aromatic carbocycles. The largest absolute Gasteiger partial charge is 0.354 e. The predicted octanol–water partition coefficient (Wildman–Crippen LogP) is 3.38. The van der Waals surface area contributed by atoms with Crippen molar-refractivity contribution in [2.24, 2.45) is 5.92 Å². The molecule has 2 amide bonds. The second-order valence-electron chi connectivity index (χ2n) is 6.82.